The number of hydrogen-bond donors (Lipinski definition) is 1. The van der Waals surface area contributed by atoms with Gasteiger partial charge >= 0.3 is 0 Å². The van der Waals surface area contributed by atoms with E-state index in [0.717, 1.165) is 32.9 Å². The Morgan fingerprint density at radius 2 is 2.05 bits per heavy atom. The first-order chi connectivity index (χ1) is 9.47. The molecule has 2 N–H and O–H groups in total. The molecule has 0 aliphatic rings. The highest BCUT2D eigenvalue weighted by Gasteiger charge is 2.11. The Hall–Kier alpha value is -1.10. The SMILES string of the molecule is CN(Cc1cccc(Cl)c1)c1ccc(Br)cc1C(N)=S. The third-order valence-corrected chi connectivity index (χ3v) is 3.89. The van der Waals surface area contributed by atoms with Crippen LogP contribution in [0.15, 0.2) is 46.9 Å². The summed E-state index contributed by atoms with van der Waals surface area (Å²) < 4.78 is 0.959. The molecule has 0 fully saturated rings. The summed E-state index contributed by atoms with van der Waals surface area (Å²) in [6.07, 6.45) is 0. The van der Waals surface area contributed by atoms with Gasteiger partial charge < -0.3 is 10.6 Å². The third-order valence-electron chi connectivity index (χ3n) is 2.94. The van der Waals surface area contributed by atoms with Gasteiger partial charge in [0.1, 0.15) is 4.99 Å². The van der Waals surface area contributed by atoms with E-state index in [0.29, 0.717) is 4.99 Å². The molecule has 0 aromatic heterocycles. The van der Waals surface area contributed by atoms with Crippen LogP contribution in [0.3, 0.4) is 0 Å². The van der Waals surface area contributed by atoms with E-state index in [2.05, 4.69) is 20.8 Å². The second-order valence-electron chi connectivity index (χ2n) is 4.51. The van der Waals surface area contributed by atoms with Gasteiger partial charge in [0.15, 0.2) is 0 Å². The fourth-order valence-corrected chi connectivity index (χ4v) is 2.77. The van der Waals surface area contributed by atoms with E-state index >= 15 is 0 Å². The summed E-state index contributed by atoms with van der Waals surface area (Å²) in [5.74, 6) is 0. The topological polar surface area (TPSA) is 29.3 Å². The zero-order valence-electron chi connectivity index (χ0n) is 10.9. The van der Waals surface area contributed by atoms with Crippen molar-refractivity contribution in [1.82, 2.24) is 0 Å². The first-order valence-corrected chi connectivity index (χ1v) is 7.60. The molecule has 0 spiro atoms. The zero-order chi connectivity index (χ0) is 14.7. The summed E-state index contributed by atoms with van der Waals surface area (Å²) in [6.45, 7) is 0.734. The van der Waals surface area contributed by atoms with Crippen LogP contribution in [0.1, 0.15) is 11.1 Å². The van der Waals surface area contributed by atoms with Crippen LogP contribution in [0.2, 0.25) is 5.02 Å². The summed E-state index contributed by atoms with van der Waals surface area (Å²) in [4.78, 5) is 2.49. The molecule has 0 saturated carbocycles. The zero-order valence-corrected chi connectivity index (χ0v) is 14.1. The molecule has 0 radical (unpaired) electrons. The fraction of sp³-hybridized carbons (Fsp3) is 0.133. The largest absolute Gasteiger partial charge is 0.389 e. The number of nitrogens with two attached hydrogens (primary N) is 1. The number of anilines is 1. The van der Waals surface area contributed by atoms with Gasteiger partial charge in [0, 0.05) is 34.3 Å². The van der Waals surface area contributed by atoms with Crippen LogP contribution in [-0.2, 0) is 6.54 Å². The molecule has 0 amide bonds. The minimum atomic E-state index is 0.388. The van der Waals surface area contributed by atoms with Gasteiger partial charge in [-0.1, -0.05) is 51.9 Å². The minimum Gasteiger partial charge on any atom is -0.389 e. The van der Waals surface area contributed by atoms with Gasteiger partial charge in [0.2, 0.25) is 0 Å². The van der Waals surface area contributed by atoms with Crippen molar-refractivity contribution in [2.24, 2.45) is 5.73 Å². The average Bonchev–Trinajstić information content (AvgIpc) is 2.38. The molecule has 0 atom stereocenters. The van der Waals surface area contributed by atoms with Crippen molar-refractivity contribution in [3.63, 3.8) is 0 Å². The quantitative estimate of drug-likeness (QED) is 0.811. The molecule has 0 aliphatic carbocycles. The van der Waals surface area contributed by atoms with E-state index < -0.39 is 0 Å². The molecule has 104 valence electrons. The number of rotatable bonds is 4. The van der Waals surface area contributed by atoms with Crippen molar-refractivity contribution in [2.75, 3.05) is 11.9 Å². The van der Waals surface area contributed by atoms with Gasteiger partial charge in [-0.15, -0.1) is 0 Å². The number of hydrogen-bond acceptors (Lipinski definition) is 2. The first kappa shape index (κ1) is 15.3. The Labute approximate surface area is 137 Å². The Kier molecular flexibility index (Phi) is 5.02. The summed E-state index contributed by atoms with van der Waals surface area (Å²) in [6, 6.07) is 13.7. The van der Waals surface area contributed by atoms with Crippen molar-refractivity contribution in [3.8, 4) is 0 Å². The Bertz CT molecular complexity index is 646. The molecule has 0 aliphatic heterocycles. The summed E-state index contributed by atoms with van der Waals surface area (Å²) in [5.41, 5.74) is 8.80. The lowest BCUT2D eigenvalue weighted by Crippen LogP contribution is -2.21. The summed E-state index contributed by atoms with van der Waals surface area (Å²) in [5, 5.41) is 0.737. The van der Waals surface area contributed by atoms with Crippen molar-refractivity contribution in [3.05, 3.63) is 63.1 Å². The van der Waals surface area contributed by atoms with Crippen LogP contribution in [0.4, 0.5) is 5.69 Å². The minimum absolute atomic E-state index is 0.388. The van der Waals surface area contributed by atoms with Gasteiger partial charge in [-0.2, -0.15) is 0 Å². The van der Waals surface area contributed by atoms with Crippen LogP contribution in [0.5, 0.6) is 0 Å². The second-order valence-corrected chi connectivity index (χ2v) is 6.30. The highest BCUT2D eigenvalue weighted by molar-refractivity contribution is 9.10. The maximum absolute atomic E-state index is 6.01. The van der Waals surface area contributed by atoms with E-state index in [1.807, 2.05) is 49.5 Å². The molecule has 2 nitrogen and oxygen atoms in total. The molecule has 0 unspecified atom stereocenters. The monoisotopic (exact) mass is 368 g/mol. The summed E-state index contributed by atoms with van der Waals surface area (Å²) >= 11 is 14.6. The first-order valence-electron chi connectivity index (χ1n) is 6.02. The Morgan fingerprint density at radius 1 is 1.30 bits per heavy atom. The van der Waals surface area contributed by atoms with Gasteiger partial charge in [0.25, 0.3) is 0 Å². The number of nitrogens with zero attached hydrogens (tertiary/aromatic N) is 1. The summed E-state index contributed by atoms with van der Waals surface area (Å²) in [7, 11) is 2.01. The smallest absolute Gasteiger partial charge is 0.106 e. The maximum atomic E-state index is 6.01. The molecule has 20 heavy (non-hydrogen) atoms. The molecule has 0 saturated heterocycles. The van der Waals surface area contributed by atoms with E-state index in [1.165, 1.54) is 0 Å². The fourth-order valence-electron chi connectivity index (χ4n) is 2.03. The molecule has 2 aromatic rings. The molecule has 0 bridgehead atoms. The maximum Gasteiger partial charge on any atom is 0.106 e. The highest BCUT2D eigenvalue weighted by atomic mass is 79.9. The van der Waals surface area contributed by atoms with E-state index in [4.69, 9.17) is 29.6 Å². The van der Waals surface area contributed by atoms with E-state index in [-0.39, 0.29) is 0 Å². The molecular formula is C15H14BrClN2S. The van der Waals surface area contributed by atoms with Crippen molar-refractivity contribution >= 4 is 50.4 Å². The van der Waals surface area contributed by atoms with Crippen LogP contribution < -0.4 is 10.6 Å². The van der Waals surface area contributed by atoms with E-state index in [1.54, 1.807) is 0 Å². The molecule has 0 heterocycles. The van der Waals surface area contributed by atoms with Crippen LogP contribution in [0.25, 0.3) is 0 Å². The molecule has 2 aromatic carbocycles. The van der Waals surface area contributed by atoms with Gasteiger partial charge in [-0.3, -0.25) is 0 Å². The number of thiocarbonyl (C=S) groups is 1. The van der Waals surface area contributed by atoms with Gasteiger partial charge in [0.05, 0.1) is 0 Å². The number of benzene rings is 2. The lowest BCUT2D eigenvalue weighted by molar-refractivity contribution is 0.921. The van der Waals surface area contributed by atoms with Crippen LogP contribution in [-0.4, -0.2) is 12.0 Å². The normalized spacial score (nSPS) is 10.3. The van der Waals surface area contributed by atoms with Gasteiger partial charge in [-0.25, -0.2) is 0 Å². The molecule has 2 rings (SSSR count). The van der Waals surface area contributed by atoms with Crippen LogP contribution in [0, 0.1) is 0 Å². The van der Waals surface area contributed by atoms with E-state index in [9.17, 15) is 0 Å². The lowest BCUT2D eigenvalue weighted by Gasteiger charge is -2.22. The average molecular weight is 370 g/mol. The van der Waals surface area contributed by atoms with Crippen molar-refractivity contribution in [2.45, 2.75) is 6.54 Å². The predicted octanol–water partition coefficient (Wildman–Crippen LogP) is 4.37. The highest BCUT2D eigenvalue weighted by Crippen LogP contribution is 2.25. The third kappa shape index (κ3) is 3.72. The molecular weight excluding hydrogens is 356 g/mol. The molecule has 5 heteroatoms. The lowest BCUT2D eigenvalue weighted by atomic mass is 10.1. The standard InChI is InChI=1S/C15H14BrClN2S/c1-19(9-10-3-2-4-12(17)7-10)14-6-5-11(16)8-13(14)15(18)20/h2-8H,9H2,1H3,(H2,18,20). The van der Waals surface area contributed by atoms with Crippen LogP contribution >= 0.6 is 39.7 Å². The Balaban J connectivity index is 2.29. The van der Waals surface area contributed by atoms with Gasteiger partial charge in [-0.05, 0) is 35.9 Å². The number of halogens is 2. The van der Waals surface area contributed by atoms with Crippen molar-refractivity contribution in [1.29, 1.82) is 0 Å². The predicted molar refractivity (Wildman–Crippen MR) is 93.6 cm³/mol. The Morgan fingerprint density at radius 3 is 2.70 bits per heavy atom. The second kappa shape index (κ2) is 6.57. The van der Waals surface area contributed by atoms with Crippen molar-refractivity contribution < 1.29 is 0 Å².